The van der Waals surface area contributed by atoms with Crippen LogP contribution in [0.5, 0.6) is 0 Å². The van der Waals surface area contributed by atoms with Crippen molar-refractivity contribution in [3.05, 3.63) is 0 Å². The molecule has 0 spiro atoms. The monoisotopic (exact) mass is 296 g/mol. The summed E-state index contributed by atoms with van der Waals surface area (Å²) in [6.07, 6.45) is 0.675. The lowest BCUT2D eigenvalue weighted by Gasteiger charge is -2.24. The highest BCUT2D eigenvalue weighted by Gasteiger charge is 2.18. The van der Waals surface area contributed by atoms with Crippen LogP contribution in [0.2, 0.25) is 0 Å². The molecule has 0 aromatic rings. The van der Waals surface area contributed by atoms with Gasteiger partial charge in [-0.15, -0.1) is 12.4 Å². The number of carbonyl (C=O) groups excluding carboxylic acids is 1. The van der Waals surface area contributed by atoms with Crippen LogP contribution in [0.15, 0.2) is 0 Å². The molecular weight excluding hydrogens is 272 g/mol. The van der Waals surface area contributed by atoms with Gasteiger partial charge in [0.25, 0.3) is 0 Å². The van der Waals surface area contributed by atoms with Crippen molar-refractivity contribution >= 4 is 30.1 Å². The van der Waals surface area contributed by atoms with E-state index in [0.717, 1.165) is 18.1 Å². The van der Waals surface area contributed by atoms with E-state index in [9.17, 15) is 4.79 Å². The largest absolute Gasteiger partial charge is 0.379 e. The van der Waals surface area contributed by atoms with Crippen LogP contribution in [0.1, 0.15) is 20.3 Å². The molecule has 1 fully saturated rings. The minimum absolute atomic E-state index is 0. The van der Waals surface area contributed by atoms with Crippen molar-refractivity contribution in [2.45, 2.75) is 32.4 Å². The average molecular weight is 297 g/mol. The number of thioether (sulfide) groups is 1. The normalized spacial score (nSPS) is 21.2. The van der Waals surface area contributed by atoms with Gasteiger partial charge in [0.2, 0.25) is 5.91 Å². The van der Waals surface area contributed by atoms with Gasteiger partial charge in [0.15, 0.2) is 0 Å². The zero-order valence-electron chi connectivity index (χ0n) is 11.4. The average Bonchev–Trinajstić information content (AvgIpc) is 2.30. The fourth-order valence-corrected chi connectivity index (χ4v) is 2.80. The van der Waals surface area contributed by atoms with Crippen LogP contribution in [-0.4, -0.2) is 49.8 Å². The number of nitrogens with one attached hydrogen (secondary N) is 2. The molecule has 4 nitrogen and oxygen atoms in total. The minimum Gasteiger partial charge on any atom is -0.379 e. The third kappa shape index (κ3) is 6.83. The number of hydrogen-bond acceptors (Lipinski definition) is 4. The predicted molar refractivity (Wildman–Crippen MR) is 79.6 cm³/mol. The molecule has 0 aromatic heterocycles. The van der Waals surface area contributed by atoms with Crippen molar-refractivity contribution in [1.82, 2.24) is 10.6 Å². The van der Waals surface area contributed by atoms with Gasteiger partial charge in [-0.2, -0.15) is 11.8 Å². The molecule has 1 heterocycles. The molecule has 18 heavy (non-hydrogen) atoms. The molecule has 0 aliphatic carbocycles. The van der Waals surface area contributed by atoms with E-state index in [2.05, 4.69) is 24.5 Å². The maximum Gasteiger partial charge on any atom is 0.221 e. The van der Waals surface area contributed by atoms with Crippen LogP contribution in [0.3, 0.4) is 0 Å². The van der Waals surface area contributed by atoms with Crippen molar-refractivity contribution in [2.75, 3.05) is 31.7 Å². The Labute approximate surface area is 120 Å². The zero-order valence-corrected chi connectivity index (χ0v) is 13.0. The molecule has 0 bridgehead atoms. The van der Waals surface area contributed by atoms with Gasteiger partial charge in [0.1, 0.15) is 0 Å². The molecule has 2 N–H and O–H groups in total. The summed E-state index contributed by atoms with van der Waals surface area (Å²) < 4.78 is 5.32. The Morgan fingerprint density at radius 1 is 1.56 bits per heavy atom. The van der Waals surface area contributed by atoms with Crippen molar-refractivity contribution < 1.29 is 9.53 Å². The molecule has 108 valence electrons. The molecule has 1 saturated heterocycles. The highest BCUT2D eigenvalue weighted by atomic mass is 35.5. The van der Waals surface area contributed by atoms with E-state index in [1.165, 1.54) is 0 Å². The SMILES string of the molecule is COC(CNC(=O)CC1CSCCN1)C(C)C.Cl. The standard InChI is InChI=1S/C12H24N2O2S.ClH/c1-9(2)11(16-3)7-14-12(15)6-10-8-17-5-4-13-10;/h9-11,13H,4-8H2,1-3H3,(H,14,15);1H. The number of ether oxygens (including phenoxy) is 1. The smallest absolute Gasteiger partial charge is 0.221 e. The lowest BCUT2D eigenvalue weighted by molar-refractivity contribution is -0.122. The van der Waals surface area contributed by atoms with Crippen LogP contribution in [-0.2, 0) is 9.53 Å². The first kappa shape index (κ1) is 18.0. The third-order valence-corrected chi connectivity index (χ3v) is 4.11. The number of amides is 1. The molecule has 1 amide bonds. The van der Waals surface area contributed by atoms with E-state index in [-0.39, 0.29) is 24.4 Å². The molecule has 1 rings (SSSR count). The van der Waals surface area contributed by atoms with Crippen molar-refractivity contribution in [3.63, 3.8) is 0 Å². The number of rotatable bonds is 6. The topological polar surface area (TPSA) is 50.4 Å². The van der Waals surface area contributed by atoms with Gasteiger partial charge in [0, 0.05) is 44.2 Å². The van der Waals surface area contributed by atoms with E-state index in [1.54, 1.807) is 7.11 Å². The van der Waals surface area contributed by atoms with Crippen LogP contribution < -0.4 is 10.6 Å². The fourth-order valence-electron chi connectivity index (χ4n) is 1.85. The molecule has 2 unspecified atom stereocenters. The van der Waals surface area contributed by atoms with Gasteiger partial charge in [0.05, 0.1) is 6.10 Å². The molecule has 2 atom stereocenters. The third-order valence-electron chi connectivity index (χ3n) is 2.98. The first-order chi connectivity index (χ1) is 8.13. The van der Waals surface area contributed by atoms with Crippen molar-refractivity contribution in [1.29, 1.82) is 0 Å². The summed E-state index contributed by atoms with van der Waals surface area (Å²) in [5.74, 6) is 2.72. The second-order valence-corrected chi connectivity index (χ2v) is 5.90. The van der Waals surface area contributed by atoms with Gasteiger partial charge < -0.3 is 15.4 Å². The maximum atomic E-state index is 11.7. The summed E-state index contributed by atoms with van der Waals surface area (Å²) in [4.78, 5) is 11.7. The Morgan fingerprint density at radius 2 is 2.28 bits per heavy atom. The van der Waals surface area contributed by atoms with Crippen LogP contribution in [0.25, 0.3) is 0 Å². The highest BCUT2D eigenvalue weighted by molar-refractivity contribution is 7.99. The van der Waals surface area contributed by atoms with E-state index in [4.69, 9.17) is 4.74 Å². The number of carbonyl (C=O) groups is 1. The summed E-state index contributed by atoms with van der Waals surface area (Å²) in [5, 5.41) is 6.31. The Kier molecular flexibility index (Phi) is 9.91. The van der Waals surface area contributed by atoms with Crippen molar-refractivity contribution in [2.24, 2.45) is 5.92 Å². The summed E-state index contributed by atoms with van der Waals surface area (Å²) in [6.45, 7) is 5.81. The number of halogens is 1. The Hall–Kier alpha value is 0.0300. The molecule has 6 heteroatoms. The van der Waals surface area contributed by atoms with Gasteiger partial charge in [-0.1, -0.05) is 13.8 Å². The first-order valence-electron chi connectivity index (χ1n) is 6.24. The second-order valence-electron chi connectivity index (χ2n) is 4.75. The minimum atomic E-state index is 0. The van der Waals surface area contributed by atoms with Gasteiger partial charge >= 0.3 is 0 Å². The molecule has 1 aliphatic rings. The highest BCUT2D eigenvalue weighted by Crippen LogP contribution is 2.10. The molecule has 0 aromatic carbocycles. The molecular formula is C12H25ClN2O2S. The summed E-state index contributed by atoms with van der Waals surface area (Å²) in [7, 11) is 1.69. The van der Waals surface area contributed by atoms with E-state index < -0.39 is 0 Å². The van der Waals surface area contributed by atoms with E-state index >= 15 is 0 Å². The van der Waals surface area contributed by atoms with Crippen LogP contribution >= 0.6 is 24.2 Å². The Morgan fingerprint density at radius 3 is 2.78 bits per heavy atom. The van der Waals surface area contributed by atoms with Gasteiger partial charge in [-0.05, 0) is 5.92 Å². The molecule has 0 radical (unpaired) electrons. The number of hydrogen-bond donors (Lipinski definition) is 2. The second kappa shape index (κ2) is 9.89. The lowest BCUT2D eigenvalue weighted by atomic mass is 10.1. The Bertz CT molecular complexity index is 236. The predicted octanol–water partition coefficient (Wildman–Crippen LogP) is 1.29. The Balaban J connectivity index is 0.00000289. The summed E-state index contributed by atoms with van der Waals surface area (Å²) in [6, 6.07) is 0.328. The lowest BCUT2D eigenvalue weighted by Crippen LogP contribution is -2.43. The number of methoxy groups -OCH3 is 1. The zero-order chi connectivity index (χ0) is 12.7. The van der Waals surface area contributed by atoms with Crippen molar-refractivity contribution in [3.8, 4) is 0 Å². The fraction of sp³-hybridized carbons (Fsp3) is 0.917. The quantitative estimate of drug-likeness (QED) is 0.775. The summed E-state index contributed by atoms with van der Waals surface area (Å²) in [5.41, 5.74) is 0. The first-order valence-corrected chi connectivity index (χ1v) is 7.39. The molecule has 0 saturated carbocycles. The van der Waals surface area contributed by atoms with Gasteiger partial charge in [-0.3, -0.25) is 4.79 Å². The maximum absolute atomic E-state index is 11.7. The van der Waals surface area contributed by atoms with Gasteiger partial charge in [-0.25, -0.2) is 0 Å². The van der Waals surface area contributed by atoms with E-state index in [0.29, 0.717) is 24.9 Å². The van der Waals surface area contributed by atoms with Crippen LogP contribution in [0.4, 0.5) is 0 Å². The molecule has 1 aliphatic heterocycles. The van der Waals surface area contributed by atoms with E-state index in [1.807, 2.05) is 11.8 Å². The summed E-state index contributed by atoms with van der Waals surface area (Å²) >= 11 is 1.91. The van der Waals surface area contributed by atoms with Crippen LogP contribution in [0, 0.1) is 5.92 Å².